The fourth-order valence-corrected chi connectivity index (χ4v) is 2.45. The van der Waals surface area contributed by atoms with Crippen LogP contribution in [0.1, 0.15) is 53.4 Å². The minimum Gasteiger partial charge on any atom is -0.390 e. The number of aliphatic hydroxyl groups is 1. The molecule has 1 rings (SSSR count). The predicted molar refractivity (Wildman–Crippen MR) is 52.0 cm³/mol. The molecule has 0 saturated heterocycles. The minimum atomic E-state index is -0.366. The van der Waals surface area contributed by atoms with Crippen molar-refractivity contribution in [3.63, 3.8) is 0 Å². The Hall–Kier alpha value is -0.0400. The molecule has 0 aromatic heterocycles. The number of rotatable bonds is 1. The van der Waals surface area contributed by atoms with Gasteiger partial charge >= 0.3 is 0 Å². The van der Waals surface area contributed by atoms with Gasteiger partial charge in [0.05, 0.1) is 5.60 Å². The van der Waals surface area contributed by atoms with Gasteiger partial charge in [0.1, 0.15) is 0 Å². The van der Waals surface area contributed by atoms with E-state index in [1.54, 1.807) is 0 Å². The van der Waals surface area contributed by atoms with Crippen molar-refractivity contribution in [2.24, 2.45) is 11.3 Å². The van der Waals surface area contributed by atoms with Crippen molar-refractivity contribution in [3.05, 3.63) is 0 Å². The molecule has 1 aliphatic carbocycles. The van der Waals surface area contributed by atoms with Crippen molar-refractivity contribution in [1.82, 2.24) is 0 Å². The molecule has 12 heavy (non-hydrogen) atoms. The highest BCUT2D eigenvalue weighted by Crippen LogP contribution is 2.44. The van der Waals surface area contributed by atoms with Crippen LogP contribution in [0, 0.1) is 11.3 Å². The van der Waals surface area contributed by atoms with Gasteiger partial charge in [0.15, 0.2) is 0 Å². The standard InChI is InChI=1S/C11H22O/c1-5-11(12)7-6-10(3,4)8-9(11)2/h9,12H,5-8H2,1-4H3. The number of hydrogen-bond donors (Lipinski definition) is 1. The summed E-state index contributed by atoms with van der Waals surface area (Å²) in [6.07, 6.45) is 4.22. The van der Waals surface area contributed by atoms with Gasteiger partial charge in [-0.2, -0.15) is 0 Å². The van der Waals surface area contributed by atoms with E-state index in [-0.39, 0.29) is 5.60 Å². The summed E-state index contributed by atoms with van der Waals surface area (Å²) in [4.78, 5) is 0. The average Bonchev–Trinajstić information content (AvgIpc) is 1.97. The van der Waals surface area contributed by atoms with E-state index < -0.39 is 0 Å². The van der Waals surface area contributed by atoms with E-state index in [2.05, 4.69) is 27.7 Å². The van der Waals surface area contributed by atoms with Crippen molar-refractivity contribution in [1.29, 1.82) is 0 Å². The molecule has 0 radical (unpaired) electrons. The van der Waals surface area contributed by atoms with Gasteiger partial charge in [-0.05, 0) is 37.0 Å². The molecular formula is C11H22O. The van der Waals surface area contributed by atoms with Crippen LogP contribution in [-0.2, 0) is 0 Å². The van der Waals surface area contributed by atoms with Gasteiger partial charge in [-0.3, -0.25) is 0 Å². The Kier molecular flexibility index (Phi) is 2.53. The summed E-state index contributed by atoms with van der Waals surface area (Å²) in [5, 5.41) is 10.2. The van der Waals surface area contributed by atoms with Crippen LogP contribution in [0.25, 0.3) is 0 Å². The lowest BCUT2D eigenvalue weighted by molar-refractivity contribution is -0.0733. The molecule has 0 heterocycles. The summed E-state index contributed by atoms with van der Waals surface area (Å²) in [6, 6.07) is 0. The van der Waals surface area contributed by atoms with Gasteiger partial charge in [-0.25, -0.2) is 0 Å². The molecule has 0 bridgehead atoms. The van der Waals surface area contributed by atoms with Crippen LogP contribution >= 0.6 is 0 Å². The molecule has 0 aromatic carbocycles. The van der Waals surface area contributed by atoms with E-state index in [4.69, 9.17) is 0 Å². The van der Waals surface area contributed by atoms with E-state index in [9.17, 15) is 5.11 Å². The topological polar surface area (TPSA) is 20.2 Å². The highest BCUT2D eigenvalue weighted by molar-refractivity contribution is 4.92. The third kappa shape index (κ3) is 1.82. The minimum absolute atomic E-state index is 0.366. The van der Waals surface area contributed by atoms with Gasteiger partial charge in [0.2, 0.25) is 0 Å². The molecule has 1 saturated carbocycles. The Morgan fingerprint density at radius 3 is 2.33 bits per heavy atom. The van der Waals surface area contributed by atoms with Crippen LogP contribution in [0.3, 0.4) is 0 Å². The molecule has 1 fully saturated rings. The smallest absolute Gasteiger partial charge is 0.0671 e. The van der Waals surface area contributed by atoms with Crippen molar-refractivity contribution in [2.75, 3.05) is 0 Å². The normalized spacial score (nSPS) is 41.2. The van der Waals surface area contributed by atoms with Crippen molar-refractivity contribution < 1.29 is 5.11 Å². The maximum absolute atomic E-state index is 10.2. The van der Waals surface area contributed by atoms with Crippen LogP contribution < -0.4 is 0 Å². The van der Waals surface area contributed by atoms with Crippen LogP contribution in [0.4, 0.5) is 0 Å². The molecule has 0 amide bonds. The molecule has 1 heteroatoms. The largest absolute Gasteiger partial charge is 0.390 e. The van der Waals surface area contributed by atoms with Gasteiger partial charge in [-0.15, -0.1) is 0 Å². The maximum atomic E-state index is 10.2. The lowest BCUT2D eigenvalue weighted by Gasteiger charge is -2.44. The van der Waals surface area contributed by atoms with E-state index in [1.807, 2.05) is 0 Å². The van der Waals surface area contributed by atoms with Gasteiger partial charge in [0, 0.05) is 0 Å². The average molecular weight is 170 g/mol. The van der Waals surface area contributed by atoms with Crippen molar-refractivity contribution >= 4 is 0 Å². The summed E-state index contributed by atoms with van der Waals surface area (Å²) in [5.74, 6) is 0.464. The molecule has 2 unspecified atom stereocenters. The van der Waals surface area contributed by atoms with Gasteiger partial charge < -0.3 is 5.11 Å². The first-order valence-corrected chi connectivity index (χ1v) is 5.12. The maximum Gasteiger partial charge on any atom is 0.0671 e. The lowest BCUT2D eigenvalue weighted by atomic mass is 9.65. The predicted octanol–water partition coefficient (Wildman–Crippen LogP) is 2.97. The number of hydrogen-bond acceptors (Lipinski definition) is 1. The van der Waals surface area contributed by atoms with E-state index in [1.165, 1.54) is 6.42 Å². The first-order valence-electron chi connectivity index (χ1n) is 5.12. The zero-order valence-electron chi connectivity index (χ0n) is 8.85. The Morgan fingerprint density at radius 2 is 1.92 bits per heavy atom. The molecule has 1 N–H and O–H groups in total. The Labute approximate surface area is 76.2 Å². The molecule has 72 valence electrons. The van der Waals surface area contributed by atoms with Crippen LogP contribution in [0.5, 0.6) is 0 Å². The van der Waals surface area contributed by atoms with E-state index >= 15 is 0 Å². The highest BCUT2D eigenvalue weighted by atomic mass is 16.3. The molecule has 2 atom stereocenters. The SMILES string of the molecule is CCC1(O)CCC(C)(C)CC1C. The van der Waals surface area contributed by atoms with Gasteiger partial charge in [0.25, 0.3) is 0 Å². The summed E-state index contributed by atoms with van der Waals surface area (Å²) in [6.45, 7) is 8.89. The lowest BCUT2D eigenvalue weighted by Crippen LogP contribution is -2.43. The monoisotopic (exact) mass is 170 g/mol. The van der Waals surface area contributed by atoms with Crippen molar-refractivity contribution in [2.45, 2.75) is 59.0 Å². The second-order valence-electron chi connectivity index (χ2n) is 5.23. The molecule has 1 nitrogen and oxygen atoms in total. The first kappa shape index (κ1) is 10.0. The van der Waals surface area contributed by atoms with Gasteiger partial charge in [-0.1, -0.05) is 27.7 Å². The second-order valence-corrected chi connectivity index (χ2v) is 5.23. The Morgan fingerprint density at radius 1 is 1.33 bits per heavy atom. The first-order chi connectivity index (χ1) is 5.40. The zero-order valence-corrected chi connectivity index (χ0v) is 8.85. The fourth-order valence-electron chi connectivity index (χ4n) is 2.45. The van der Waals surface area contributed by atoms with E-state index in [0.717, 1.165) is 19.3 Å². The summed E-state index contributed by atoms with van der Waals surface area (Å²) in [5.41, 5.74) is 0.0797. The van der Waals surface area contributed by atoms with Crippen molar-refractivity contribution in [3.8, 4) is 0 Å². The molecular weight excluding hydrogens is 148 g/mol. The van der Waals surface area contributed by atoms with E-state index in [0.29, 0.717) is 11.3 Å². The quantitative estimate of drug-likeness (QED) is 0.641. The fraction of sp³-hybridized carbons (Fsp3) is 1.00. The second kappa shape index (κ2) is 3.02. The third-order valence-electron chi connectivity index (χ3n) is 3.62. The van der Waals surface area contributed by atoms with Crippen LogP contribution in [0.15, 0.2) is 0 Å². The molecule has 1 aliphatic rings. The Bertz CT molecular complexity index is 162. The molecule has 0 aromatic rings. The Balaban J connectivity index is 2.65. The van der Waals surface area contributed by atoms with Crippen LogP contribution in [-0.4, -0.2) is 10.7 Å². The summed E-state index contributed by atoms with van der Waals surface area (Å²) >= 11 is 0. The summed E-state index contributed by atoms with van der Waals surface area (Å²) in [7, 11) is 0. The highest BCUT2D eigenvalue weighted by Gasteiger charge is 2.40. The third-order valence-corrected chi connectivity index (χ3v) is 3.62. The molecule has 0 spiro atoms. The molecule has 0 aliphatic heterocycles. The summed E-state index contributed by atoms with van der Waals surface area (Å²) < 4.78 is 0. The van der Waals surface area contributed by atoms with Crippen LogP contribution in [0.2, 0.25) is 0 Å². The zero-order chi connectivity index (χ0) is 9.41.